The molecule has 0 aliphatic carbocycles. The van der Waals surface area contributed by atoms with Crippen LogP contribution in [0.1, 0.15) is 19.0 Å². The number of nitrogens with zero attached hydrogens (tertiary/aromatic N) is 3. The minimum atomic E-state index is 0.755. The fraction of sp³-hybridized carbons (Fsp3) is 0.667. The molecule has 1 aromatic heterocycles. The van der Waals surface area contributed by atoms with E-state index in [4.69, 9.17) is 0 Å². The highest BCUT2D eigenvalue weighted by Crippen LogP contribution is 2.21. The van der Waals surface area contributed by atoms with Crippen molar-refractivity contribution in [3.8, 4) is 0 Å². The summed E-state index contributed by atoms with van der Waals surface area (Å²) in [4.78, 5) is 11.0. The van der Waals surface area contributed by atoms with E-state index in [1.165, 1.54) is 6.42 Å². The number of aromatic nitrogens is 2. The molecule has 1 saturated heterocycles. The third-order valence-corrected chi connectivity index (χ3v) is 3.17. The van der Waals surface area contributed by atoms with E-state index in [0.717, 1.165) is 43.5 Å². The summed E-state index contributed by atoms with van der Waals surface area (Å²) in [6.07, 6.45) is 3.91. The molecule has 1 aliphatic heterocycles. The molecule has 2 heterocycles. The number of nitrogens with one attached hydrogen (secondary N) is 1. The highest BCUT2D eigenvalue weighted by atomic mass is 15.2. The molecule has 0 bridgehead atoms. The van der Waals surface area contributed by atoms with Crippen molar-refractivity contribution in [1.29, 1.82) is 0 Å². The molecule has 1 fully saturated rings. The van der Waals surface area contributed by atoms with Gasteiger partial charge in [-0.1, -0.05) is 6.92 Å². The highest BCUT2D eigenvalue weighted by Gasteiger charge is 2.22. The summed E-state index contributed by atoms with van der Waals surface area (Å²) >= 11 is 0. The Kier molecular flexibility index (Phi) is 3.72. The Morgan fingerprint density at radius 2 is 2.38 bits per heavy atom. The molecule has 1 aliphatic rings. The van der Waals surface area contributed by atoms with E-state index in [1.54, 1.807) is 6.33 Å². The van der Waals surface area contributed by atoms with Crippen molar-refractivity contribution in [2.75, 3.05) is 31.6 Å². The van der Waals surface area contributed by atoms with Crippen molar-refractivity contribution >= 4 is 5.82 Å². The van der Waals surface area contributed by atoms with Crippen molar-refractivity contribution in [2.45, 2.75) is 19.8 Å². The molecule has 0 spiro atoms. The van der Waals surface area contributed by atoms with Crippen LogP contribution in [0, 0.1) is 5.92 Å². The van der Waals surface area contributed by atoms with Crippen LogP contribution < -0.4 is 10.2 Å². The quantitative estimate of drug-likeness (QED) is 0.824. The molecule has 1 unspecified atom stereocenters. The van der Waals surface area contributed by atoms with Gasteiger partial charge in [0.2, 0.25) is 0 Å². The Bertz CT molecular complexity index is 340. The van der Waals surface area contributed by atoms with Crippen LogP contribution in [0.5, 0.6) is 0 Å². The van der Waals surface area contributed by atoms with Gasteiger partial charge in [0.25, 0.3) is 0 Å². The van der Waals surface area contributed by atoms with Gasteiger partial charge >= 0.3 is 0 Å². The Balaban J connectivity index is 2.02. The number of aryl methyl sites for hydroxylation is 1. The minimum Gasteiger partial charge on any atom is -0.356 e. The lowest BCUT2D eigenvalue weighted by molar-refractivity contribution is 0.549. The van der Waals surface area contributed by atoms with Gasteiger partial charge in [-0.15, -0.1) is 0 Å². The molecule has 0 saturated carbocycles. The second-order valence-corrected chi connectivity index (χ2v) is 4.38. The summed E-state index contributed by atoms with van der Waals surface area (Å²) < 4.78 is 0. The Labute approximate surface area is 97.1 Å². The summed E-state index contributed by atoms with van der Waals surface area (Å²) in [6.45, 7) is 5.45. The molecule has 88 valence electrons. The molecule has 0 radical (unpaired) electrons. The summed E-state index contributed by atoms with van der Waals surface area (Å²) in [5, 5.41) is 3.24. The van der Waals surface area contributed by atoms with Crippen LogP contribution in [0.2, 0.25) is 0 Å². The van der Waals surface area contributed by atoms with E-state index in [9.17, 15) is 0 Å². The zero-order valence-electron chi connectivity index (χ0n) is 10.1. The van der Waals surface area contributed by atoms with Gasteiger partial charge in [0.1, 0.15) is 12.1 Å². The lowest BCUT2D eigenvalue weighted by Crippen LogP contribution is -2.25. The SMILES string of the molecule is CCc1cc(N2CCC(CNC)C2)ncn1. The van der Waals surface area contributed by atoms with Gasteiger partial charge in [-0.25, -0.2) is 9.97 Å². The zero-order chi connectivity index (χ0) is 11.4. The van der Waals surface area contributed by atoms with E-state index in [0.29, 0.717) is 0 Å². The summed E-state index contributed by atoms with van der Waals surface area (Å²) in [5.74, 6) is 1.84. The number of hydrogen-bond donors (Lipinski definition) is 1. The summed E-state index contributed by atoms with van der Waals surface area (Å²) in [6, 6.07) is 2.11. The van der Waals surface area contributed by atoms with E-state index in [1.807, 2.05) is 7.05 Å². The van der Waals surface area contributed by atoms with Crippen LogP contribution in [0.4, 0.5) is 5.82 Å². The Morgan fingerprint density at radius 3 is 3.12 bits per heavy atom. The maximum atomic E-state index is 4.36. The van der Waals surface area contributed by atoms with E-state index >= 15 is 0 Å². The van der Waals surface area contributed by atoms with Crippen LogP contribution in [0.15, 0.2) is 12.4 Å². The molecule has 2 rings (SSSR count). The fourth-order valence-corrected chi connectivity index (χ4v) is 2.25. The maximum absolute atomic E-state index is 4.36. The molecule has 4 nitrogen and oxygen atoms in total. The first-order valence-corrected chi connectivity index (χ1v) is 6.04. The van der Waals surface area contributed by atoms with Crippen molar-refractivity contribution in [2.24, 2.45) is 5.92 Å². The van der Waals surface area contributed by atoms with Gasteiger partial charge in [0.15, 0.2) is 0 Å². The molecule has 1 N–H and O–H groups in total. The molecule has 16 heavy (non-hydrogen) atoms. The standard InChI is InChI=1S/C12H20N4/c1-3-11-6-12(15-9-14-11)16-5-4-10(8-16)7-13-2/h6,9-10,13H,3-5,7-8H2,1-2H3. The van der Waals surface area contributed by atoms with Crippen molar-refractivity contribution in [1.82, 2.24) is 15.3 Å². The van der Waals surface area contributed by atoms with Crippen LogP contribution in [0.3, 0.4) is 0 Å². The van der Waals surface area contributed by atoms with Crippen LogP contribution in [-0.2, 0) is 6.42 Å². The predicted molar refractivity (Wildman–Crippen MR) is 65.7 cm³/mol. The lowest BCUT2D eigenvalue weighted by atomic mass is 10.1. The Hall–Kier alpha value is -1.16. The highest BCUT2D eigenvalue weighted by molar-refractivity contribution is 5.40. The second kappa shape index (κ2) is 5.25. The number of rotatable bonds is 4. The van der Waals surface area contributed by atoms with Gasteiger partial charge in [0, 0.05) is 24.8 Å². The lowest BCUT2D eigenvalue weighted by Gasteiger charge is -2.17. The molecule has 4 heteroatoms. The largest absolute Gasteiger partial charge is 0.356 e. The first-order valence-electron chi connectivity index (χ1n) is 6.04. The molecule has 1 atom stereocenters. The van der Waals surface area contributed by atoms with Gasteiger partial charge in [-0.3, -0.25) is 0 Å². The van der Waals surface area contributed by atoms with Crippen molar-refractivity contribution in [3.05, 3.63) is 18.1 Å². The first-order chi connectivity index (χ1) is 7.83. The van der Waals surface area contributed by atoms with Gasteiger partial charge < -0.3 is 10.2 Å². The first kappa shape index (κ1) is 11.3. The normalized spacial score (nSPS) is 20.4. The number of hydrogen-bond acceptors (Lipinski definition) is 4. The van der Waals surface area contributed by atoms with Crippen LogP contribution in [0.25, 0.3) is 0 Å². The minimum absolute atomic E-state index is 0.755. The molecule has 1 aromatic rings. The van der Waals surface area contributed by atoms with Crippen LogP contribution in [-0.4, -0.2) is 36.6 Å². The van der Waals surface area contributed by atoms with E-state index in [-0.39, 0.29) is 0 Å². The second-order valence-electron chi connectivity index (χ2n) is 4.38. The summed E-state index contributed by atoms with van der Waals surface area (Å²) in [7, 11) is 2.02. The number of anilines is 1. The average Bonchev–Trinajstić information content (AvgIpc) is 2.78. The molecule has 0 aromatic carbocycles. The third-order valence-electron chi connectivity index (χ3n) is 3.17. The Morgan fingerprint density at radius 1 is 1.50 bits per heavy atom. The van der Waals surface area contributed by atoms with Crippen molar-refractivity contribution in [3.63, 3.8) is 0 Å². The molecular weight excluding hydrogens is 200 g/mol. The smallest absolute Gasteiger partial charge is 0.132 e. The molecule has 0 amide bonds. The van der Waals surface area contributed by atoms with Gasteiger partial charge in [0.05, 0.1) is 0 Å². The van der Waals surface area contributed by atoms with Gasteiger partial charge in [-0.2, -0.15) is 0 Å². The van der Waals surface area contributed by atoms with E-state index < -0.39 is 0 Å². The fourth-order valence-electron chi connectivity index (χ4n) is 2.25. The average molecular weight is 220 g/mol. The monoisotopic (exact) mass is 220 g/mol. The van der Waals surface area contributed by atoms with Crippen molar-refractivity contribution < 1.29 is 0 Å². The topological polar surface area (TPSA) is 41.0 Å². The third kappa shape index (κ3) is 2.50. The van der Waals surface area contributed by atoms with Gasteiger partial charge in [-0.05, 0) is 32.4 Å². The maximum Gasteiger partial charge on any atom is 0.132 e. The van der Waals surface area contributed by atoms with Crippen LogP contribution >= 0.6 is 0 Å². The van der Waals surface area contributed by atoms with E-state index in [2.05, 4.69) is 33.2 Å². The summed E-state index contributed by atoms with van der Waals surface area (Å²) in [5.41, 5.74) is 1.13. The predicted octanol–water partition coefficient (Wildman–Crippen LogP) is 1.08. The zero-order valence-corrected chi connectivity index (χ0v) is 10.1. The molecular formula is C12H20N4.